The Balaban J connectivity index is 2.29. The van der Waals surface area contributed by atoms with Crippen LogP contribution in [0.1, 0.15) is 39.0 Å². The zero-order valence-corrected chi connectivity index (χ0v) is 10.7. The Morgan fingerprint density at radius 1 is 1.25 bits per heavy atom. The molecule has 16 heavy (non-hydrogen) atoms. The molecule has 0 aliphatic heterocycles. The minimum atomic E-state index is -0.430. The summed E-state index contributed by atoms with van der Waals surface area (Å²) in [5, 5.41) is 5.11. The molecule has 5 heteroatoms. The molecule has 92 valence electrons. The van der Waals surface area contributed by atoms with Crippen molar-refractivity contribution < 1.29 is 9.59 Å². The average molecular weight is 244 g/mol. The molecule has 1 rings (SSSR count). The maximum absolute atomic E-state index is 11.6. The number of rotatable bonds is 3. The van der Waals surface area contributed by atoms with E-state index in [9.17, 15) is 9.59 Å². The maximum Gasteiger partial charge on any atom is 0.321 e. The molecule has 0 aromatic carbocycles. The molecule has 1 fully saturated rings. The summed E-state index contributed by atoms with van der Waals surface area (Å²) in [5.74, 6) is -0.199. The van der Waals surface area contributed by atoms with E-state index in [0.717, 1.165) is 0 Å². The Morgan fingerprint density at radius 3 is 2.44 bits per heavy atom. The predicted molar refractivity (Wildman–Crippen MR) is 66.5 cm³/mol. The Morgan fingerprint density at radius 2 is 1.88 bits per heavy atom. The van der Waals surface area contributed by atoms with Gasteiger partial charge in [-0.05, 0) is 19.8 Å². The fourth-order valence-electron chi connectivity index (χ4n) is 1.83. The lowest BCUT2D eigenvalue weighted by molar-refractivity contribution is -0.119. The van der Waals surface area contributed by atoms with E-state index < -0.39 is 6.03 Å². The summed E-state index contributed by atoms with van der Waals surface area (Å²) in [6.45, 7) is 1.86. The Bertz CT molecular complexity index is 252. The van der Waals surface area contributed by atoms with Gasteiger partial charge in [-0.1, -0.05) is 19.3 Å². The molecule has 0 aromatic heterocycles. The quantitative estimate of drug-likeness (QED) is 0.797. The molecular weight excluding hydrogens is 224 g/mol. The van der Waals surface area contributed by atoms with Crippen LogP contribution in [0.15, 0.2) is 0 Å². The zero-order chi connectivity index (χ0) is 12.0. The van der Waals surface area contributed by atoms with E-state index in [2.05, 4.69) is 10.6 Å². The average Bonchev–Trinajstić information content (AvgIpc) is 2.30. The molecular formula is C11H20N2O2S. The molecule has 0 unspecified atom stereocenters. The van der Waals surface area contributed by atoms with Crippen molar-refractivity contribution in [2.24, 2.45) is 0 Å². The third-order valence-corrected chi connectivity index (χ3v) is 4.26. The van der Waals surface area contributed by atoms with Crippen LogP contribution in [0.2, 0.25) is 0 Å². The van der Waals surface area contributed by atoms with Crippen LogP contribution >= 0.6 is 11.8 Å². The lowest BCUT2D eigenvalue weighted by atomic mass is 10.0. The molecule has 1 saturated carbocycles. The van der Waals surface area contributed by atoms with Crippen LogP contribution < -0.4 is 10.6 Å². The van der Waals surface area contributed by atoms with Crippen molar-refractivity contribution in [2.45, 2.75) is 49.5 Å². The van der Waals surface area contributed by atoms with Gasteiger partial charge < -0.3 is 5.32 Å². The third kappa shape index (κ3) is 4.43. The predicted octanol–water partition coefficient (Wildman–Crippen LogP) is 1.90. The molecule has 3 amide bonds. The smallest absolute Gasteiger partial charge is 0.321 e. The Labute approximate surface area is 101 Å². The second kappa shape index (κ2) is 6.78. The van der Waals surface area contributed by atoms with Crippen LogP contribution in [0.4, 0.5) is 4.79 Å². The van der Waals surface area contributed by atoms with Gasteiger partial charge in [0, 0.05) is 12.3 Å². The van der Waals surface area contributed by atoms with E-state index in [1.807, 2.05) is 6.92 Å². The normalized spacial score (nSPS) is 18.9. The first-order valence-corrected chi connectivity index (χ1v) is 6.75. The topological polar surface area (TPSA) is 58.2 Å². The van der Waals surface area contributed by atoms with E-state index in [1.54, 1.807) is 11.8 Å². The minimum absolute atomic E-state index is 0.152. The first-order chi connectivity index (χ1) is 7.63. The largest absolute Gasteiger partial charge is 0.341 e. The van der Waals surface area contributed by atoms with Crippen molar-refractivity contribution in [2.75, 3.05) is 7.05 Å². The number of carbonyl (C=O) groups excluding carboxylic acids is 2. The van der Waals surface area contributed by atoms with Crippen LogP contribution in [0, 0.1) is 0 Å². The van der Waals surface area contributed by atoms with Gasteiger partial charge >= 0.3 is 6.03 Å². The number of hydrogen-bond acceptors (Lipinski definition) is 3. The second-order valence-electron chi connectivity index (χ2n) is 4.11. The van der Waals surface area contributed by atoms with Crippen LogP contribution in [-0.2, 0) is 4.79 Å². The van der Waals surface area contributed by atoms with Gasteiger partial charge in [0.25, 0.3) is 0 Å². The molecule has 0 bridgehead atoms. The van der Waals surface area contributed by atoms with Crippen molar-refractivity contribution in [1.82, 2.24) is 10.6 Å². The monoisotopic (exact) mass is 244 g/mol. The van der Waals surface area contributed by atoms with E-state index in [0.29, 0.717) is 5.25 Å². The highest BCUT2D eigenvalue weighted by atomic mass is 32.2. The molecule has 4 nitrogen and oxygen atoms in total. The van der Waals surface area contributed by atoms with E-state index in [-0.39, 0.29) is 11.2 Å². The number of imide groups is 1. The second-order valence-corrected chi connectivity index (χ2v) is 5.75. The summed E-state index contributed by atoms with van der Waals surface area (Å²) in [7, 11) is 1.50. The van der Waals surface area contributed by atoms with E-state index in [1.165, 1.54) is 39.2 Å². The van der Waals surface area contributed by atoms with Crippen LogP contribution in [-0.4, -0.2) is 29.5 Å². The minimum Gasteiger partial charge on any atom is -0.341 e. The van der Waals surface area contributed by atoms with Crippen molar-refractivity contribution in [3.8, 4) is 0 Å². The van der Waals surface area contributed by atoms with Gasteiger partial charge in [-0.15, -0.1) is 11.8 Å². The van der Waals surface area contributed by atoms with Crippen molar-refractivity contribution >= 4 is 23.7 Å². The summed E-state index contributed by atoms with van der Waals surface area (Å²) in [4.78, 5) is 22.6. The molecule has 0 spiro atoms. The molecule has 0 saturated heterocycles. The number of urea groups is 1. The van der Waals surface area contributed by atoms with Crippen molar-refractivity contribution in [1.29, 1.82) is 0 Å². The Hall–Kier alpha value is -0.710. The fraction of sp³-hybridized carbons (Fsp3) is 0.818. The first-order valence-electron chi connectivity index (χ1n) is 5.81. The van der Waals surface area contributed by atoms with Crippen molar-refractivity contribution in [3.63, 3.8) is 0 Å². The van der Waals surface area contributed by atoms with Crippen LogP contribution in [0.3, 0.4) is 0 Å². The van der Waals surface area contributed by atoms with E-state index in [4.69, 9.17) is 0 Å². The SMILES string of the molecule is CNC(=O)NC(=O)[C@H](C)SC1CCCCC1. The van der Waals surface area contributed by atoms with Crippen molar-refractivity contribution in [3.05, 3.63) is 0 Å². The Kier molecular flexibility index (Phi) is 5.66. The summed E-state index contributed by atoms with van der Waals surface area (Å²) in [6.07, 6.45) is 6.24. The zero-order valence-electron chi connectivity index (χ0n) is 9.91. The van der Waals surface area contributed by atoms with Gasteiger partial charge in [0.15, 0.2) is 0 Å². The first kappa shape index (κ1) is 13.4. The standard InChI is InChI=1S/C11H20N2O2S/c1-8(10(14)13-11(15)12-2)16-9-6-4-3-5-7-9/h8-9H,3-7H2,1-2H3,(H2,12,13,14,15)/t8-/m0/s1. The van der Waals surface area contributed by atoms with Gasteiger partial charge in [-0.25, -0.2) is 4.79 Å². The highest BCUT2D eigenvalue weighted by Crippen LogP contribution is 2.30. The fourth-order valence-corrected chi connectivity index (χ4v) is 3.19. The maximum atomic E-state index is 11.6. The number of thioether (sulfide) groups is 1. The summed E-state index contributed by atoms with van der Waals surface area (Å²) in [5.41, 5.74) is 0. The molecule has 1 aliphatic carbocycles. The van der Waals surface area contributed by atoms with Crippen LogP contribution in [0.25, 0.3) is 0 Å². The molecule has 1 atom stereocenters. The summed E-state index contributed by atoms with van der Waals surface area (Å²) >= 11 is 1.69. The molecule has 0 radical (unpaired) electrons. The lowest BCUT2D eigenvalue weighted by Gasteiger charge is -2.23. The highest BCUT2D eigenvalue weighted by Gasteiger charge is 2.22. The number of nitrogens with one attached hydrogen (secondary N) is 2. The molecule has 1 aliphatic rings. The van der Waals surface area contributed by atoms with Crippen LogP contribution in [0.5, 0.6) is 0 Å². The van der Waals surface area contributed by atoms with Gasteiger partial charge in [0.05, 0.1) is 5.25 Å². The van der Waals surface area contributed by atoms with Gasteiger partial charge in [-0.3, -0.25) is 10.1 Å². The van der Waals surface area contributed by atoms with Gasteiger partial charge in [-0.2, -0.15) is 0 Å². The highest BCUT2D eigenvalue weighted by molar-refractivity contribution is 8.01. The number of hydrogen-bond donors (Lipinski definition) is 2. The molecule has 0 aromatic rings. The number of amides is 3. The molecule has 0 heterocycles. The van der Waals surface area contributed by atoms with Gasteiger partial charge in [0.2, 0.25) is 5.91 Å². The van der Waals surface area contributed by atoms with Gasteiger partial charge in [0.1, 0.15) is 0 Å². The third-order valence-electron chi connectivity index (χ3n) is 2.78. The van der Waals surface area contributed by atoms with E-state index >= 15 is 0 Å². The summed E-state index contributed by atoms with van der Waals surface area (Å²) < 4.78 is 0. The summed E-state index contributed by atoms with van der Waals surface area (Å²) in [6, 6.07) is -0.430. The number of carbonyl (C=O) groups is 2. The lowest BCUT2D eigenvalue weighted by Crippen LogP contribution is -2.41. The molecule has 2 N–H and O–H groups in total.